The normalized spacial score (nSPS) is 17.0. The Morgan fingerprint density at radius 1 is 1.17 bits per heavy atom. The van der Waals surface area contributed by atoms with Gasteiger partial charge in [0.05, 0.1) is 25.5 Å². The molecular formula is C22H19Cl2F3N2O3S3. The second kappa shape index (κ2) is 10.4. The Morgan fingerprint density at radius 3 is 2.63 bits per heavy atom. The van der Waals surface area contributed by atoms with Crippen molar-refractivity contribution in [3.63, 3.8) is 0 Å². The molecule has 4 rings (SSSR count). The highest BCUT2D eigenvalue weighted by Crippen LogP contribution is 2.42. The average Bonchev–Trinajstić information content (AvgIpc) is 3.40. The van der Waals surface area contributed by atoms with Crippen molar-refractivity contribution >= 4 is 62.0 Å². The molecule has 1 saturated heterocycles. The molecule has 1 N–H and O–H groups in total. The molecule has 0 amide bonds. The van der Waals surface area contributed by atoms with Crippen LogP contribution in [0.15, 0.2) is 61.8 Å². The Balaban J connectivity index is 1.55. The van der Waals surface area contributed by atoms with Gasteiger partial charge in [0.15, 0.2) is 0 Å². The van der Waals surface area contributed by atoms with E-state index in [0.29, 0.717) is 38.7 Å². The quantitative estimate of drug-likeness (QED) is 0.321. The SMILES string of the molecule is CN1CCC(Oc2cc(NS(=O)(=O)c3ccc(Sc4cccc(Cl)c4Cl)s3)ccc2C(F)(F)F)C1. The molecule has 1 aromatic heterocycles. The number of likely N-dealkylation sites (tertiary alicyclic amines) is 1. The molecule has 1 fully saturated rings. The van der Waals surface area contributed by atoms with Gasteiger partial charge in [0.25, 0.3) is 10.0 Å². The molecule has 0 bridgehead atoms. The van der Waals surface area contributed by atoms with E-state index >= 15 is 0 Å². The summed E-state index contributed by atoms with van der Waals surface area (Å²) in [4.78, 5) is 2.62. The standard InChI is InChI=1S/C22H19Cl2F3N2O3S3/c1-29-10-9-14(12-29)32-17-11-13(5-6-15(17)22(25,26)27)28-35(30,31)20-8-7-19(34-20)33-18-4-2-3-16(23)21(18)24/h2-8,11,14,28H,9-10,12H2,1H3. The third-order valence-corrected chi connectivity index (χ3v) is 10.2. The van der Waals surface area contributed by atoms with E-state index in [9.17, 15) is 21.6 Å². The molecule has 0 spiro atoms. The number of sulfonamides is 1. The summed E-state index contributed by atoms with van der Waals surface area (Å²) in [5.41, 5.74) is -0.983. The molecule has 188 valence electrons. The van der Waals surface area contributed by atoms with Crippen molar-refractivity contribution in [1.82, 2.24) is 4.90 Å². The first-order valence-electron chi connectivity index (χ1n) is 10.2. The number of rotatable bonds is 7. The van der Waals surface area contributed by atoms with Gasteiger partial charge in [-0.3, -0.25) is 4.72 Å². The predicted octanol–water partition coefficient (Wildman–Crippen LogP) is 7.11. The Labute approximate surface area is 219 Å². The van der Waals surface area contributed by atoms with Gasteiger partial charge in [-0.05, 0) is 49.9 Å². The van der Waals surface area contributed by atoms with Gasteiger partial charge in [0.2, 0.25) is 0 Å². The van der Waals surface area contributed by atoms with Gasteiger partial charge >= 0.3 is 6.18 Å². The molecule has 5 nitrogen and oxygen atoms in total. The lowest BCUT2D eigenvalue weighted by atomic mass is 10.1. The van der Waals surface area contributed by atoms with Crippen LogP contribution in [0.25, 0.3) is 0 Å². The third kappa shape index (κ3) is 6.39. The molecule has 1 atom stereocenters. The predicted molar refractivity (Wildman–Crippen MR) is 134 cm³/mol. The smallest absolute Gasteiger partial charge is 0.419 e. The minimum atomic E-state index is -4.64. The van der Waals surface area contributed by atoms with Crippen LogP contribution in [-0.4, -0.2) is 39.6 Å². The number of hydrogen-bond donors (Lipinski definition) is 1. The number of nitrogens with zero attached hydrogens (tertiary/aromatic N) is 1. The molecule has 0 radical (unpaired) electrons. The number of likely N-dealkylation sites (N-methyl/N-ethyl adjacent to an activating group) is 1. The van der Waals surface area contributed by atoms with Crippen molar-refractivity contribution < 1.29 is 26.3 Å². The number of alkyl halides is 3. The van der Waals surface area contributed by atoms with Crippen LogP contribution in [0, 0.1) is 0 Å². The van der Waals surface area contributed by atoms with E-state index in [2.05, 4.69) is 4.72 Å². The minimum absolute atomic E-state index is 0.00191. The molecule has 3 aromatic rings. The van der Waals surface area contributed by atoms with Crippen molar-refractivity contribution in [3.05, 3.63) is 64.1 Å². The second-order valence-electron chi connectivity index (χ2n) is 7.83. The zero-order chi connectivity index (χ0) is 25.4. The van der Waals surface area contributed by atoms with Crippen molar-refractivity contribution in [2.24, 2.45) is 0 Å². The van der Waals surface area contributed by atoms with Crippen LogP contribution in [0.1, 0.15) is 12.0 Å². The van der Waals surface area contributed by atoms with E-state index in [1.807, 2.05) is 11.9 Å². The molecule has 1 aliphatic heterocycles. The lowest BCUT2D eigenvalue weighted by Gasteiger charge is -2.19. The Kier molecular flexibility index (Phi) is 7.85. The van der Waals surface area contributed by atoms with Crippen LogP contribution in [0.5, 0.6) is 5.75 Å². The summed E-state index contributed by atoms with van der Waals surface area (Å²) >= 11 is 14.5. The van der Waals surface area contributed by atoms with Gasteiger partial charge in [0, 0.05) is 24.1 Å². The van der Waals surface area contributed by atoms with E-state index in [1.165, 1.54) is 17.8 Å². The van der Waals surface area contributed by atoms with E-state index in [0.717, 1.165) is 29.5 Å². The fourth-order valence-electron chi connectivity index (χ4n) is 3.47. The van der Waals surface area contributed by atoms with Crippen LogP contribution in [0.3, 0.4) is 0 Å². The summed E-state index contributed by atoms with van der Waals surface area (Å²) in [5.74, 6) is -0.406. The Morgan fingerprint density at radius 2 is 1.94 bits per heavy atom. The number of thiophene rings is 1. The van der Waals surface area contributed by atoms with Gasteiger partial charge in [-0.2, -0.15) is 13.2 Å². The highest BCUT2D eigenvalue weighted by Gasteiger charge is 2.36. The number of anilines is 1. The van der Waals surface area contributed by atoms with Crippen LogP contribution in [0.4, 0.5) is 18.9 Å². The lowest BCUT2D eigenvalue weighted by Crippen LogP contribution is -2.23. The van der Waals surface area contributed by atoms with Crippen LogP contribution >= 0.6 is 46.3 Å². The fourth-order valence-corrected chi connectivity index (χ4v) is 7.59. The van der Waals surface area contributed by atoms with Crippen molar-refractivity contribution in [2.45, 2.75) is 32.0 Å². The molecule has 2 aromatic carbocycles. The molecule has 0 aliphatic carbocycles. The largest absolute Gasteiger partial charge is 0.488 e. The molecule has 1 aliphatic rings. The maximum Gasteiger partial charge on any atom is 0.419 e. The zero-order valence-electron chi connectivity index (χ0n) is 18.1. The molecule has 0 saturated carbocycles. The van der Waals surface area contributed by atoms with E-state index in [1.54, 1.807) is 24.3 Å². The van der Waals surface area contributed by atoms with Crippen molar-refractivity contribution in [1.29, 1.82) is 0 Å². The maximum absolute atomic E-state index is 13.5. The second-order valence-corrected chi connectivity index (χ2v) is 13.0. The molecule has 35 heavy (non-hydrogen) atoms. The van der Waals surface area contributed by atoms with Crippen LogP contribution < -0.4 is 9.46 Å². The molecule has 1 unspecified atom stereocenters. The number of hydrogen-bond acceptors (Lipinski definition) is 6. The van der Waals surface area contributed by atoms with Crippen molar-refractivity contribution in [2.75, 3.05) is 24.9 Å². The van der Waals surface area contributed by atoms with Gasteiger partial charge in [-0.1, -0.05) is 41.0 Å². The first kappa shape index (κ1) is 26.4. The van der Waals surface area contributed by atoms with E-state index < -0.39 is 33.6 Å². The summed E-state index contributed by atoms with van der Waals surface area (Å²) < 4.78 is 75.1. The van der Waals surface area contributed by atoms with E-state index in [-0.39, 0.29) is 9.90 Å². The van der Waals surface area contributed by atoms with Crippen LogP contribution in [-0.2, 0) is 16.2 Å². The summed E-state index contributed by atoms with van der Waals surface area (Å²) in [5, 5.41) is 0.744. The highest BCUT2D eigenvalue weighted by molar-refractivity contribution is 8.02. The molecule has 13 heteroatoms. The molecule has 2 heterocycles. The summed E-state index contributed by atoms with van der Waals surface area (Å²) in [6, 6.07) is 11.2. The van der Waals surface area contributed by atoms with E-state index in [4.69, 9.17) is 27.9 Å². The number of benzene rings is 2. The van der Waals surface area contributed by atoms with Gasteiger partial charge in [0.1, 0.15) is 16.1 Å². The number of halogens is 5. The average molecular weight is 584 g/mol. The zero-order valence-corrected chi connectivity index (χ0v) is 22.1. The maximum atomic E-state index is 13.5. The molecular weight excluding hydrogens is 564 g/mol. The first-order valence-corrected chi connectivity index (χ1v) is 14.1. The monoisotopic (exact) mass is 582 g/mol. The highest BCUT2D eigenvalue weighted by atomic mass is 35.5. The van der Waals surface area contributed by atoms with Gasteiger partial charge in [-0.15, -0.1) is 11.3 Å². The number of nitrogens with one attached hydrogen (secondary N) is 1. The topological polar surface area (TPSA) is 58.6 Å². The first-order chi connectivity index (χ1) is 16.4. The van der Waals surface area contributed by atoms with Crippen LogP contribution in [0.2, 0.25) is 10.0 Å². The van der Waals surface area contributed by atoms with Crippen molar-refractivity contribution in [3.8, 4) is 5.75 Å². The summed E-state index contributed by atoms with van der Waals surface area (Å²) in [6.07, 6.45) is -4.47. The van der Waals surface area contributed by atoms with Gasteiger partial charge in [-0.25, -0.2) is 8.42 Å². The summed E-state index contributed by atoms with van der Waals surface area (Å²) in [7, 11) is -2.20. The fraction of sp³-hybridized carbons (Fsp3) is 0.273. The third-order valence-electron chi connectivity index (χ3n) is 5.13. The number of ether oxygens (including phenoxy) is 1. The minimum Gasteiger partial charge on any atom is -0.488 e. The van der Waals surface area contributed by atoms with Gasteiger partial charge < -0.3 is 9.64 Å². The Hall–Kier alpha value is -1.63. The Bertz CT molecular complexity index is 1330. The lowest BCUT2D eigenvalue weighted by molar-refractivity contribution is -0.139. The summed E-state index contributed by atoms with van der Waals surface area (Å²) in [6.45, 7) is 1.19.